The fraction of sp³-hybridized carbons (Fsp3) is 0.682. The van der Waals surface area contributed by atoms with Crippen LogP contribution in [-0.4, -0.2) is 51.5 Å². The fourth-order valence-corrected chi connectivity index (χ4v) is 3.56. The third-order valence-electron chi connectivity index (χ3n) is 5.38. The Labute approximate surface area is 187 Å². The van der Waals surface area contributed by atoms with Gasteiger partial charge in [-0.2, -0.15) is 0 Å². The zero-order chi connectivity index (χ0) is 18.8. The van der Waals surface area contributed by atoms with E-state index in [1.165, 1.54) is 24.8 Å². The zero-order valence-corrected chi connectivity index (χ0v) is 19.5. The quantitative estimate of drug-likeness (QED) is 0.210. The van der Waals surface area contributed by atoms with Gasteiger partial charge in [0.15, 0.2) is 5.96 Å². The van der Waals surface area contributed by atoms with E-state index in [0.717, 1.165) is 64.7 Å². The minimum absolute atomic E-state index is 0. The SMILES string of the molecule is CCNC(=NCC1(Cc2ccccc2)CC1)NCCCOCC1CCCO1.I. The number of aliphatic imine (C=N–C) groups is 1. The third kappa shape index (κ3) is 8.25. The van der Waals surface area contributed by atoms with Gasteiger partial charge in [-0.1, -0.05) is 30.3 Å². The molecule has 3 rings (SSSR count). The number of halogens is 1. The van der Waals surface area contributed by atoms with Crippen molar-refractivity contribution in [1.82, 2.24) is 10.6 Å². The first-order chi connectivity index (χ1) is 13.3. The Morgan fingerprint density at radius 1 is 1.25 bits per heavy atom. The number of ether oxygens (including phenoxy) is 2. The second kappa shape index (κ2) is 12.6. The maximum absolute atomic E-state index is 5.72. The molecule has 2 fully saturated rings. The molecule has 1 saturated carbocycles. The standard InChI is InChI=1S/C22H35N3O2.HI/c1-2-23-21(24-13-7-14-26-17-20-10-6-15-27-20)25-18-22(11-12-22)16-19-8-4-3-5-9-19;/h3-5,8-9,20H,2,6-7,10-18H2,1H3,(H2,23,24,25);1H. The van der Waals surface area contributed by atoms with Gasteiger partial charge in [0.05, 0.1) is 12.7 Å². The molecule has 1 atom stereocenters. The topological polar surface area (TPSA) is 54.9 Å². The van der Waals surface area contributed by atoms with Gasteiger partial charge in [-0.15, -0.1) is 24.0 Å². The zero-order valence-electron chi connectivity index (χ0n) is 17.1. The molecule has 1 unspecified atom stereocenters. The average molecular weight is 501 g/mol. The van der Waals surface area contributed by atoms with Crippen molar-refractivity contribution in [1.29, 1.82) is 0 Å². The van der Waals surface area contributed by atoms with Crippen LogP contribution in [0.4, 0.5) is 0 Å². The number of rotatable bonds is 11. The first-order valence-corrected chi connectivity index (χ1v) is 10.6. The molecule has 2 aliphatic rings. The molecular weight excluding hydrogens is 465 g/mol. The van der Waals surface area contributed by atoms with Crippen molar-refractivity contribution >= 4 is 29.9 Å². The van der Waals surface area contributed by atoms with E-state index < -0.39 is 0 Å². The normalized spacial score (nSPS) is 20.5. The van der Waals surface area contributed by atoms with Gasteiger partial charge in [0.2, 0.25) is 0 Å². The number of nitrogens with zero attached hydrogens (tertiary/aromatic N) is 1. The van der Waals surface area contributed by atoms with Crippen molar-refractivity contribution in [3.8, 4) is 0 Å². The number of hydrogen-bond acceptors (Lipinski definition) is 3. The highest BCUT2D eigenvalue weighted by atomic mass is 127. The number of nitrogens with one attached hydrogen (secondary N) is 2. The Balaban J connectivity index is 0.00000280. The summed E-state index contributed by atoms with van der Waals surface area (Å²) in [5.41, 5.74) is 1.79. The van der Waals surface area contributed by atoms with Crippen LogP contribution in [0.3, 0.4) is 0 Å². The van der Waals surface area contributed by atoms with E-state index in [1.807, 2.05) is 0 Å². The van der Waals surface area contributed by atoms with E-state index in [4.69, 9.17) is 14.5 Å². The molecule has 1 heterocycles. The molecule has 1 aliphatic carbocycles. The van der Waals surface area contributed by atoms with Crippen LogP contribution >= 0.6 is 24.0 Å². The second-order valence-electron chi connectivity index (χ2n) is 7.85. The molecule has 0 spiro atoms. The summed E-state index contributed by atoms with van der Waals surface area (Å²) in [7, 11) is 0. The predicted molar refractivity (Wildman–Crippen MR) is 126 cm³/mol. The van der Waals surface area contributed by atoms with E-state index in [2.05, 4.69) is 47.9 Å². The lowest BCUT2D eigenvalue weighted by Crippen LogP contribution is -2.38. The monoisotopic (exact) mass is 501 g/mol. The minimum atomic E-state index is 0. The van der Waals surface area contributed by atoms with Crippen LogP contribution in [0.15, 0.2) is 35.3 Å². The third-order valence-corrected chi connectivity index (χ3v) is 5.38. The highest BCUT2D eigenvalue weighted by Crippen LogP contribution is 2.48. The fourth-order valence-electron chi connectivity index (χ4n) is 3.56. The summed E-state index contributed by atoms with van der Waals surface area (Å²) in [5.74, 6) is 0.927. The molecule has 0 aromatic heterocycles. The molecule has 2 N–H and O–H groups in total. The van der Waals surface area contributed by atoms with E-state index in [-0.39, 0.29) is 24.0 Å². The molecule has 0 radical (unpaired) electrons. The van der Waals surface area contributed by atoms with Crippen molar-refractivity contribution in [3.63, 3.8) is 0 Å². The largest absolute Gasteiger partial charge is 0.379 e. The number of hydrogen-bond donors (Lipinski definition) is 2. The van der Waals surface area contributed by atoms with Crippen LogP contribution in [0.1, 0.15) is 44.6 Å². The van der Waals surface area contributed by atoms with Gasteiger partial charge in [0.1, 0.15) is 0 Å². The average Bonchev–Trinajstić information content (AvgIpc) is 3.24. The van der Waals surface area contributed by atoms with Crippen LogP contribution in [0.2, 0.25) is 0 Å². The molecule has 1 aromatic carbocycles. The maximum atomic E-state index is 5.72. The van der Waals surface area contributed by atoms with Crippen molar-refractivity contribution in [2.24, 2.45) is 10.4 Å². The Morgan fingerprint density at radius 2 is 2.07 bits per heavy atom. The van der Waals surface area contributed by atoms with Gasteiger partial charge in [-0.25, -0.2) is 0 Å². The Bertz CT molecular complexity index is 572. The molecule has 28 heavy (non-hydrogen) atoms. The second-order valence-corrected chi connectivity index (χ2v) is 7.85. The van der Waals surface area contributed by atoms with Gasteiger partial charge < -0.3 is 20.1 Å². The predicted octanol–water partition coefficient (Wildman–Crippen LogP) is 3.77. The first-order valence-electron chi connectivity index (χ1n) is 10.6. The molecular formula is C22H36IN3O2. The van der Waals surface area contributed by atoms with Crippen molar-refractivity contribution in [3.05, 3.63) is 35.9 Å². The Kier molecular flexibility index (Phi) is 10.6. The van der Waals surface area contributed by atoms with Crippen LogP contribution in [0.25, 0.3) is 0 Å². The molecule has 1 saturated heterocycles. The summed E-state index contributed by atoms with van der Waals surface area (Å²) in [6.07, 6.45) is 7.30. The molecule has 6 heteroatoms. The summed E-state index contributed by atoms with van der Waals surface area (Å²) >= 11 is 0. The number of guanidine groups is 1. The molecule has 1 aromatic rings. The Hall–Kier alpha value is -0.860. The van der Waals surface area contributed by atoms with Gasteiger partial charge in [-0.05, 0) is 56.4 Å². The van der Waals surface area contributed by atoms with Crippen molar-refractivity contribution in [2.45, 2.75) is 51.6 Å². The number of benzene rings is 1. The van der Waals surface area contributed by atoms with E-state index in [1.54, 1.807) is 0 Å². The highest BCUT2D eigenvalue weighted by Gasteiger charge is 2.42. The van der Waals surface area contributed by atoms with Gasteiger partial charge >= 0.3 is 0 Å². The molecule has 5 nitrogen and oxygen atoms in total. The first kappa shape index (κ1) is 23.4. The van der Waals surface area contributed by atoms with Gasteiger partial charge in [0, 0.05) is 32.8 Å². The lowest BCUT2D eigenvalue weighted by atomic mass is 9.97. The van der Waals surface area contributed by atoms with Crippen molar-refractivity contribution < 1.29 is 9.47 Å². The molecule has 158 valence electrons. The van der Waals surface area contributed by atoms with Gasteiger partial charge in [-0.3, -0.25) is 4.99 Å². The van der Waals surface area contributed by atoms with Crippen LogP contribution < -0.4 is 10.6 Å². The molecule has 0 amide bonds. The summed E-state index contributed by atoms with van der Waals surface area (Å²) in [6.45, 7) is 7.16. The Morgan fingerprint density at radius 3 is 2.75 bits per heavy atom. The van der Waals surface area contributed by atoms with E-state index in [0.29, 0.717) is 11.5 Å². The van der Waals surface area contributed by atoms with Crippen molar-refractivity contribution in [2.75, 3.05) is 39.5 Å². The smallest absolute Gasteiger partial charge is 0.191 e. The van der Waals surface area contributed by atoms with Crippen LogP contribution in [0, 0.1) is 5.41 Å². The van der Waals surface area contributed by atoms with Crippen LogP contribution in [0.5, 0.6) is 0 Å². The molecule has 1 aliphatic heterocycles. The summed E-state index contributed by atoms with van der Waals surface area (Å²) < 4.78 is 11.3. The van der Waals surface area contributed by atoms with E-state index in [9.17, 15) is 0 Å². The molecule has 0 bridgehead atoms. The van der Waals surface area contributed by atoms with Gasteiger partial charge in [0.25, 0.3) is 0 Å². The lowest BCUT2D eigenvalue weighted by Gasteiger charge is -2.16. The lowest BCUT2D eigenvalue weighted by molar-refractivity contribution is 0.0168. The summed E-state index contributed by atoms with van der Waals surface area (Å²) in [5, 5.41) is 6.80. The highest BCUT2D eigenvalue weighted by molar-refractivity contribution is 14.0. The van der Waals surface area contributed by atoms with Crippen LogP contribution in [-0.2, 0) is 15.9 Å². The maximum Gasteiger partial charge on any atom is 0.191 e. The van der Waals surface area contributed by atoms with E-state index >= 15 is 0 Å². The summed E-state index contributed by atoms with van der Waals surface area (Å²) in [6, 6.07) is 10.8. The minimum Gasteiger partial charge on any atom is -0.379 e. The summed E-state index contributed by atoms with van der Waals surface area (Å²) in [4.78, 5) is 4.86.